The van der Waals surface area contributed by atoms with Gasteiger partial charge < -0.3 is 14.9 Å². The lowest BCUT2D eigenvalue weighted by Crippen LogP contribution is -2.50. The van der Waals surface area contributed by atoms with Crippen molar-refractivity contribution in [2.24, 2.45) is 0 Å². The molecule has 1 unspecified atom stereocenters. The van der Waals surface area contributed by atoms with E-state index in [0.29, 0.717) is 37.7 Å². The molecule has 6 rings (SSSR count). The standard InChI is InChI=1S/C28H37N5O3/c34-21-11-13-32(14-12-21)28(36)27-23-8-4-10-25(23)33(29-27)19-26(35)31-17-15-30(16-18-31)24-9-3-6-20-5-1-2-7-22(20)24/h1-2,5,7,21,24,34H,3-4,6,8-19H2. The molecule has 2 aliphatic heterocycles. The van der Waals surface area contributed by atoms with Gasteiger partial charge in [-0.25, -0.2) is 0 Å². The summed E-state index contributed by atoms with van der Waals surface area (Å²) < 4.78 is 1.81. The summed E-state index contributed by atoms with van der Waals surface area (Å²) in [6, 6.07) is 9.29. The maximum absolute atomic E-state index is 13.3. The topological polar surface area (TPSA) is 81.9 Å². The number of carbonyl (C=O) groups is 2. The lowest BCUT2D eigenvalue weighted by molar-refractivity contribution is -0.134. The first-order chi connectivity index (χ1) is 17.6. The highest BCUT2D eigenvalue weighted by Gasteiger charge is 2.33. The van der Waals surface area contributed by atoms with Crippen LogP contribution in [0.25, 0.3) is 0 Å². The highest BCUT2D eigenvalue weighted by Crippen LogP contribution is 2.34. The van der Waals surface area contributed by atoms with Crippen LogP contribution in [0.15, 0.2) is 24.3 Å². The zero-order valence-electron chi connectivity index (χ0n) is 21.1. The Bertz CT molecular complexity index is 1130. The van der Waals surface area contributed by atoms with Crippen LogP contribution >= 0.6 is 0 Å². The number of aryl methyl sites for hydroxylation is 1. The number of amides is 2. The molecule has 1 aromatic carbocycles. The number of benzene rings is 1. The number of rotatable bonds is 4. The first kappa shape index (κ1) is 23.7. The second-order valence-corrected chi connectivity index (χ2v) is 10.8. The fraction of sp³-hybridized carbons (Fsp3) is 0.607. The minimum absolute atomic E-state index is 0.0485. The third-order valence-corrected chi connectivity index (χ3v) is 8.69. The van der Waals surface area contributed by atoms with Gasteiger partial charge in [0.15, 0.2) is 5.69 Å². The molecule has 2 aliphatic carbocycles. The van der Waals surface area contributed by atoms with Crippen molar-refractivity contribution >= 4 is 11.8 Å². The van der Waals surface area contributed by atoms with Gasteiger partial charge in [0.1, 0.15) is 6.54 Å². The van der Waals surface area contributed by atoms with Crippen LogP contribution in [0.3, 0.4) is 0 Å². The average molecular weight is 492 g/mol. The van der Waals surface area contributed by atoms with E-state index in [1.165, 1.54) is 30.4 Å². The van der Waals surface area contributed by atoms with Gasteiger partial charge in [-0.05, 0) is 62.5 Å². The monoisotopic (exact) mass is 491 g/mol. The van der Waals surface area contributed by atoms with Crippen LogP contribution in [-0.4, -0.2) is 86.8 Å². The number of likely N-dealkylation sites (tertiary alicyclic amines) is 1. The van der Waals surface area contributed by atoms with E-state index in [0.717, 1.165) is 56.7 Å². The van der Waals surface area contributed by atoms with E-state index in [1.54, 1.807) is 4.68 Å². The van der Waals surface area contributed by atoms with E-state index in [-0.39, 0.29) is 24.5 Å². The summed E-state index contributed by atoms with van der Waals surface area (Å²) in [5, 5.41) is 14.5. The molecule has 0 spiro atoms. The summed E-state index contributed by atoms with van der Waals surface area (Å²) >= 11 is 0. The van der Waals surface area contributed by atoms with Gasteiger partial charge in [0, 0.05) is 56.6 Å². The minimum Gasteiger partial charge on any atom is -0.393 e. The van der Waals surface area contributed by atoms with Crippen molar-refractivity contribution in [3.8, 4) is 0 Å². The van der Waals surface area contributed by atoms with Crippen molar-refractivity contribution in [1.82, 2.24) is 24.5 Å². The molecule has 2 saturated heterocycles. The quantitative estimate of drug-likeness (QED) is 0.709. The number of carbonyl (C=O) groups excluding carboxylic acids is 2. The molecule has 1 atom stereocenters. The van der Waals surface area contributed by atoms with E-state index in [2.05, 4.69) is 34.3 Å². The van der Waals surface area contributed by atoms with Gasteiger partial charge in [-0.3, -0.25) is 19.2 Å². The van der Waals surface area contributed by atoms with Crippen LogP contribution in [-0.2, 0) is 30.6 Å². The van der Waals surface area contributed by atoms with Crippen molar-refractivity contribution in [1.29, 1.82) is 0 Å². The number of fused-ring (bicyclic) bond motifs is 2. The van der Waals surface area contributed by atoms with Gasteiger partial charge in [0.05, 0.1) is 6.10 Å². The van der Waals surface area contributed by atoms with Gasteiger partial charge in [0.25, 0.3) is 5.91 Å². The van der Waals surface area contributed by atoms with Gasteiger partial charge >= 0.3 is 0 Å². The Kier molecular flexibility index (Phi) is 6.56. The summed E-state index contributed by atoms with van der Waals surface area (Å²) in [4.78, 5) is 32.8. The van der Waals surface area contributed by atoms with E-state index in [9.17, 15) is 14.7 Å². The van der Waals surface area contributed by atoms with E-state index >= 15 is 0 Å². The summed E-state index contributed by atoms with van der Waals surface area (Å²) in [6.45, 7) is 4.61. The molecule has 8 nitrogen and oxygen atoms in total. The molecular formula is C28H37N5O3. The first-order valence-electron chi connectivity index (χ1n) is 13.7. The number of piperidine rings is 1. The maximum Gasteiger partial charge on any atom is 0.274 e. The van der Waals surface area contributed by atoms with Crippen molar-refractivity contribution < 1.29 is 14.7 Å². The first-order valence-corrected chi connectivity index (χ1v) is 13.7. The van der Waals surface area contributed by atoms with Gasteiger partial charge in [-0.2, -0.15) is 5.10 Å². The zero-order valence-corrected chi connectivity index (χ0v) is 21.1. The molecule has 36 heavy (non-hydrogen) atoms. The van der Waals surface area contributed by atoms with Crippen molar-refractivity contribution in [3.05, 3.63) is 52.3 Å². The predicted molar refractivity (Wildman–Crippen MR) is 136 cm³/mol. The van der Waals surface area contributed by atoms with Crippen LogP contribution in [0.2, 0.25) is 0 Å². The normalized spacial score (nSPS) is 23.0. The number of piperazine rings is 1. The maximum atomic E-state index is 13.3. The smallest absolute Gasteiger partial charge is 0.274 e. The lowest BCUT2D eigenvalue weighted by Gasteiger charge is -2.41. The van der Waals surface area contributed by atoms with E-state index < -0.39 is 0 Å². The summed E-state index contributed by atoms with van der Waals surface area (Å²) in [5.41, 5.74) is 5.55. The Balaban J connectivity index is 1.10. The molecule has 2 aromatic rings. The minimum atomic E-state index is -0.316. The number of aliphatic hydroxyl groups is 1. The van der Waals surface area contributed by atoms with Crippen LogP contribution in [0.5, 0.6) is 0 Å². The number of aliphatic hydroxyl groups excluding tert-OH is 1. The average Bonchev–Trinajstić information content (AvgIpc) is 3.52. The summed E-state index contributed by atoms with van der Waals surface area (Å²) in [5.74, 6) is 0.0450. The van der Waals surface area contributed by atoms with Crippen LogP contribution in [0.1, 0.15) is 71.0 Å². The van der Waals surface area contributed by atoms with Gasteiger partial charge in [-0.1, -0.05) is 24.3 Å². The fourth-order valence-electron chi connectivity index (χ4n) is 6.65. The van der Waals surface area contributed by atoms with E-state index in [1.807, 2.05) is 9.80 Å². The highest BCUT2D eigenvalue weighted by atomic mass is 16.3. The molecule has 0 radical (unpaired) electrons. The van der Waals surface area contributed by atoms with Crippen LogP contribution in [0.4, 0.5) is 0 Å². The van der Waals surface area contributed by atoms with Gasteiger partial charge in [0.2, 0.25) is 5.91 Å². The number of aromatic nitrogens is 2. The number of hydrogen-bond donors (Lipinski definition) is 1. The SMILES string of the molecule is O=C(Cn1nc(C(=O)N2CCC(O)CC2)c2c1CCC2)N1CCN(C2CCCc3ccccc32)CC1. The van der Waals surface area contributed by atoms with Crippen LogP contribution in [0, 0.1) is 0 Å². The number of hydrogen-bond acceptors (Lipinski definition) is 5. The summed E-state index contributed by atoms with van der Waals surface area (Å²) in [7, 11) is 0. The molecular weight excluding hydrogens is 454 g/mol. The molecule has 8 heteroatoms. The molecule has 0 saturated carbocycles. The zero-order chi connectivity index (χ0) is 24.6. The largest absolute Gasteiger partial charge is 0.393 e. The second kappa shape index (κ2) is 9.98. The third kappa shape index (κ3) is 4.45. The molecule has 192 valence electrons. The molecule has 0 bridgehead atoms. The Morgan fingerprint density at radius 3 is 2.47 bits per heavy atom. The van der Waals surface area contributed by atoms with Gasteiger partial charge in [-0.15, -0.1) is 0 Å². The molecule has 1 aromatic heterocycles. The highest BCUT2D eigenvalue weighted by molar-refractivity contribution is 5.94. The molecule has 3 heterocycles. The molecule has 2 amide bonds. The molecule has 1 N–H and O–H groups in total. The van der Waals surface area contributed by atoms with Crippen molar-refractivity contribution in [2.45, 2.75) is 70.1 Å². The Morgan fingerprint density at radius 1 is 0.889 bits per heavy atom. The Morgan fingerprint density at radius 2 is 1.67 bits per heavy atom. The van der Waals surface area contributed by atoms with Crippen molar-refractivity contribution in [3.63, 3.8) is 0 Å². The summed E-state index contributed by atoms with van der Waals surface area (Å²) in [6.07, 6.45) is 7.23. The fourth-order valence-corrected chi connectivity index (χ4v) is 6.65. The van der Waals surface area contributed by atoms with Crippen LogP contribution < -0.4 is 0 Å². The molecule has 4 aliphatic rings. The van der Waals surface area contributed by atoms with Crippen molar-refractivity contribution in [2.75, 3.05) is 39.3 Å². The number of nitrogens with zero attached hydrogens (tertiary/aromatic N) is 5. The second-order valence-electron chi connectivity index (χ2n) is 10.8. The lowest BCUT2D eigenvalue weighted by atomic mass is 9.86. The third-order valence-electron chi connectivity index (χ3n) is 8.69. The Hall–Kier alpha value is -2.71. The molecule has 2 fully saturated rings. The Labute approximate surface area is 212 Å². The van der Waals surface area contributed by atoms with E-state index in [4.69, 9.17) is 0 Å². The predicted octanol–water partition coefficient (Wildman–Crippen LogP) is 2.19.